The minimum Gasteiger partial charge on any atom is -0.493 e. The van der Waals surface area contributed by atoms with Gasteiger partial charge in [0.1, 0.15) is 10.6 Å². The Kier molecular flexibility index (Phi) is 6.29. The molecular weight excluding hydrogens is 428 g/mol. The number of fused-ring (bicyclic) bond motifs is 1. The Morgan fingerprint density at radius 1 is 1.13 bits per heavy atom. The maximum Gasteiger partial charge on any atom is 0.251 e. The second kappa shape index (κ2) is 8.93. The van der Waals surface area contributed by atoms with Gasteiger partial charge in [-0.25, -0.2) is 13.1 Å². The summed E-state index contributed by atoms with van der Waals surface area (Å²) < 4.78 is 39.1. The molecule has 0 saturated carbocycles. The molecule has 0 unspecified atom stereocenters. The van der Waals surface area contributed by atoms with Crippen molar-refractivity contribution in [3.8, 4) is 5.75 Å². The van der Waals surface area contributed by atoms with E-state index in [9.17, 15) is 13.2 Å². The van der Waals surface area contributed by atoms with E-state index in [1.54, 1.807) is 0 Å². The summed E-state index contributed by atoms with van der Waals surface area (Å²) in [4.78, 5) is 12.7. The summed E-state index contributed by atoms with van der Waals surface area (Å²) >= 11 is 6.14. The highest BCUT2D eigenvalue weighted by Gasteiger charge is 2.26. The van der Waals surface area contributed by atoms with Gasteiger partial charge in [-0.1, -0.05) is 29.8 Å². The first-order valence-electron chi connectivity index (χ1n) is 9.87. The van der Waals surface area contributed by atoms with Crippen molar-refractivity contribution >= 4 is 27.5 Å². The molecule has 1 amide bonds. The van der Waals surface area contributed by atoms with Crippen LogP contribution in [0.3, 0.4) is 0 Å². The molecule has 2 N–H and O–H groups in total. The lowest BCUT2D eigenvalue weighted by atomic mass is 10.00. The van der Waals surface area contributed by atoms with Gasteiger partial charge in [-0.3, -0.25) is 4.79 Å². The lowest BCUT2D eigenvalue weighted by molar-refractivity contribution is 0.0924. The van der Waals surface area contributed by atoms with E-state index in [4.69, 9.17) is 21.1 Å². The van der Waals surface area contributed by atoms with Crippen LogP contribution in [0, 0.1) is 0 Å². The van der Waals surface area contributed by atoms with Crippen LogP contribution in [0.1, 0.15) is 41.2 Å². The highest BCUT2D eigenvalue weighted by atomic mass is 35.5. The van der Waals surface area contributed by atoms with Crippen molar-refractivity contribution in [2.24, 2.45) is 0 Å². The summed E-state index contributed by atoms with van der Waals surface area (Å²) in [5.41, 5.74) is 1.12. The first kappa shape index (κ1) is 21.1. The van der Waals surface area contributed by atoms with Gasteiger partial charge in [-0.2, -0.15) is 0 Å². The SMILES string of the molecule is O=C(N[C@H]1CCOc2ccccc21)c1ccc(Cl)c(S(=O)(=O)NC[C@@H]2CCCO2)c1. The Morgan fingerprint density at radius 3 is 2.77 bits per heavy atom. The van der Waals surface area contributed by atoms with E-state index < -0.39 is 10.0 Å². The standard InChI is InChI=1S/C21H23ClN2O5S/c22-17-8-7-14(12-20(17)30(26,27)23-13-15-4-3-10-28-15)21(25)24-18-9-11-29-19-6-2-1-5-16(18)19/h1-2,5-8,12,15,18,23H,3-4,9-11,13H2,(H,24,25)/t15-,18-/m0/s1. The number of sulfonamides is 1. The number of para-hydroxylation sites is 1. The van der Waals surface area contributed by atoms with Gasteiger partial charge in [-0.05, 0) is 37.1 Å². The molecule has 0 spiro atoms. The third kappa shape index (κ3) is 4.62. The van der Waals surface area contributed by atoms with Gasteiger partial charge in [0.05, 0.1) is 23.8 Å². The van der Waals surface area contributed by atoms with Crippen LogP contribution in [0.5, 0.6) is 5.75 Å². The molecule has 30 heavy (non-hydrogen) atoms. The third-order valence-electron chi connectivity index (χ3n) is 5.27. The zero-order valence-corrected chi connectivity index (χ0v) is 17.8. The molecule has 160 valence electrons. The molecule has 1 fully saturated rings. The van der Waals surface area contributed by atoms with E-state index in [1.807, 2.05) is 24.3 Å². The maximum atomic E-state index is 12.8. The lowest BCUT2D eigenvalue weighted by Crippen LogP contribution is -2.33. The third-order valence-corrected chi connectivity index (χ3v) is 7.18. The van der Waals surface area contributed by atoms with Gasteiger partial charge in [0, 0.05) is 30.7 Å². The zero-order valence-electron chi connectivity index (χ0n) is 16.3. The van der Waals surface area contributed by atoms with E-state index in [-0.39, 0.29) is 40.1 Å². The summed E-state index contributed by atoms with van der Waals surface area (Å²) in [5.74, 6) is 0.371. The molecule has 4 rings (SSSR count). The molecular formula is C21H23ClN2O5S. The summed E-state index contributed by atoms with van der Waals surface area (Å²) in [5, 5.41) is 3.03. The number of carbonyl (C=O) groups is 1. The fraction of sp³-hybridized carbons (Fsp3) is 0.381. The molecule has 2 aromatic rings. The smallest absolute Gasteiger partial charge is 0.251 e. The topological polar surface area (TPSA) is 93.7 Å². The van der Waals surface area contributed by atoms with Crippen molar-refractivity contribution in [1.29, 1.82) is 0 Å². The van der Waals surface area contributed by atoms with E-state index in [0.29, 0.717) is 19.6 Å². The Morgan fingerprint density at radius 2 is 1.97 bits per heavy atom. The van der Waals surface area contributed by atoms with E-state index in [1.165, 1.54) is 18.2 Å². The van der Waals surface area contributed by atoms with Gasteiger partial charge in [0.15, 0.2) is 0 Å². The average molecular weight is 451 g/mol. The number of benzene rings is 2. The Hall–Kier alpha value is -2.13. The van der Waals surface area contributed by atoms with E-state index >= 15 is 0 Å². The van der Waals surface area contributed by atoms with Crippen LogP contribution in [0.2, 0.25) is 5.02 Å². The number of carbonyl (C=O) groups excluding carboxylic acids is 1. The van der Waals surface area contributed by atoms with Crippen molar-refractivity contribution < 1.29 is 22.7 Å². The maximum absolute atomic E-state index is 12.8. The fourth-order valence-electron chi connectivity index (χ4n) is 3.67. The summed E-state index contributed by atoms with van der Waals surface area (Å²) in [6, 6.07) is 11.6. The number of rotatable bonds is 6. The molecule has 0 aromatic heterocycles. The molecule has 2 aromatic carbocycles. The molecule has 2 aliphatic heterocycles. The first-order valence-corrected chi connectivity index (χ1v) is 11.7. The minimum atomic E-state index is -3.88. The Balaban J connectivity index is 1.50. The number of halogens is 1. The number of ether oxygens (including phenoxy) is 2. The van der Waals surface area contributed by atoms with Gasteiger partial charge in [0.2, 0.25) is 10.0 Å². The number of nitrogens with one attached hydrogen (secondary N) is 2. The van der Waals surface area contributed by atoms with Crippen molar-refractivity contribution in [3.63, 3.8) is 0 Å². The average Bonchev–Trinajstić information content (AvgIpc) is 3.26. The van der Waals surface area contributed by atoms with Gasteiger partial charge >= 0.3 is 0 Å². The van der Waals surface area contributed by atoms with Crippen molar-refractivity contribution in [2.75, 3.05) is 19.8 Å². The Bertz CT molecular complexity index is 1040. The zero-order chi connectivity index (χ0) is 21.1. The monoisotopic (exact) mass is 450 g/mol. The van der Waals surface area contributed by atoms with Crippen LogP contribution in [0.15, 0.2) is 47.4 Å². The summed E-state index contributed by atoms with van der Waals surface area (Å²) in [7, 11) is -3.88. The molecule has 0 bridgehead atoms. The number of amides is 1. The molecule has 2 aliphatic rings. The largest absolute Gasteiger partial charge is 0.493 e. The predicted octanol–water partition coefficient (Wildman–Crippen LogP) is 3.05. The summed E-state index contributed by atoms with van der Waals surface area (Å²) in [6.07, 6.45) is 2.21. The van der Waals surface area contributed by atoms with Crippen LogP contribution < -0.4 is 14.8 Å². The van der Waals surface area contributed by atoms with E-state index in [0.717, 1.165) is 24.2 Å². The normalized spacial score (nSPS) is 21.0. The van der Waals surface area contributed by atoms with E-state index in [2.05, 4.69) is 10.0 Å². The Labute approximate surface area is 180 Å². The fourth-order valence-corrected chi connectivity index (χ4v) is 5.26. The second-order valence-electron chi connectivity index (χ2n) is 7.33. The van der Waals surface area contributed by atoms with Gasteiger partial charge in [0.25, 0.3) is 5.91 Å². The second-order valence-corrected chi connectivity index (χ2v) is 9.48. The molecule has 2 atom stereocenters. The van der Waals surface area contributed by atoms with Crippen molar-refractivity contribution in [2.45, 2.75) is 36.3 Å². The van der Waals surface area contributed by atoms with Crippen LogP contribution in [-0.4, -0.2) is 40.2 Å². The molecule has 1 saturated heterocycles. The molecule has 0 aliphatic carbocycles. The summed E-state index contributed by atoms with van der Waals surface area (Å²) in [6.45, 7) is 1.31. The molecule has 9 heteroatoms. The molecule has 7 nitrogen and oxygen atoms in total. The van der Waals surface area contributed by atoms with Crippen LogP contribution in [-0.2, 0) is 14.8 Å². The first-order chi connectivity index (χ1) is 14.4. The van der Waals surface area contributed by atoms with Crippen LogP contribution >= 0.6 is 11.6 Å². The predicted molar refractivity (Wildman–Crippen MR) is 112 cm³/mol. The molecule has 2 heterocycles. The highest BCUT2D eigenvalue weighted by Crippen LogP contribution is 2.32. The van der Waals surface area contributed by atoms with Gasteiger partial charge < -0.3 is 14.8 Å². The van der Waals surface area contributed by atoms with Crippen LogP contribution in [0.25, 0.3) is 0 Å². The number of hydrogen-bond donors (Lipinski definition) is 2. The minimum absolute atomic E-state index is 0.0582. The van der Waals surface area contributed by atoms with Crippen molar-refractivity contribution in [3.05, 3.63) is 58.6 Å². The van der Waals surface area contributed by atoms with Gasteiger partial charge in [-0.15, -0.1) is 0 Å². The quantitative estimate of drug-likeness (QED) is 0.705. The lowest BCUT2D eigenvalue weighted by Gasteiger charge is -2.26. The number of hydrogen-bond acceptors (Lipinski definition) is 5. The van der Waals surface area contributed by atoms with Crippen molar-refractivity contribution in [1.82, 2.24) is 10.0 Å². The highest BCUT2D eigenvalue weighted by molar-refractivity contribution is 7.89. The van der Waals surface area contributed by atoms with Crippen LogP contribution in [0.4, 0.5) is 0 Å². The molecule has 0 radical (unpaired) electrons.